The van der Waals surface area contributed by atoms with Crippen LogP contribution in [-0.2, 0) is 14.3 Å². The Labute approximate surface area is 165 Å². The van der Waals surface area contributed by atoms with Crippen LogP contribution in [0.15, 0.2) is 24.3 Å². The summed E-state index contributed by atoms with van der Waals surface area (Å²) in [6.45, 7) is 4.57. The van der Waals surface area contributed by atoms with Crippen molar-refractivity contribution in [1.82, 2.24) is 4.90 Å². The molecule has 1 saturated heterocycles. The van der Waals surface area contributed by atoms with Crippen LogP contribution in [0.2, 0.25) is 5.02 Å². The van der Waals surface area contributed by atoms with Crippen molar-refractivity contribution in [2.75, 3.05) is 12.4 Å². The monoisotopic (exact) mass is 397 g/mol. The van der Waals surface area contributed by atoms with Crippen LogP contribution in [0.5, 0.6) is 0 Å². The summed E-state index contributed by atoms with van der Waals surface area (Å²) in [5, 5.41) is 0.387. The lowest BCUT2D eigenvalue weighted by atomic mass is 10.1. The summed E-state index contributed by atoms with van der Waals surface area (Å²) in [4.78, 5) is 27.2. The third kappa shape index (κ3) is 5.40. The molecular weight excluding hydrogens is 370 g/mol. The van der Waals surface area contributed by atoms with Crippen molar-refractivity contribution in [2.24, 2.45) is 0 Å². The molecule has 144 valence electrons. The molecule has 1 fully saturated rings. The maximum atomic E-state index is 12.9. The normalized spacial score (nSPS) is 19.6. The van der Waals surface area contributed by atoms with Crippen molar-refractivity contribution in [3.05, 3.63) is 34.9 Å². The molecule has 2 rings (SSSR count). The number of nitrogens with zero attached hydrogens (tertiary/aromatic N) is 1. The second-order valence-electron chi connectivity index (χ2n) is 6.50. The number of esters is 1. The number of rotatable bonds is 9. The van der Waals surface area contributed by atoms with E-state index in [1.54, 1.807) is 16.7 Å². The van der Waals surface area contributed by atoms with Gasteiger partial charge in [-0.05, 0) is 18.9 Å². The fourth-order valence-corrected chi connectivity index (χ4v) is 4.75. The molecule has 1 aliphatic rings. The third-order valence-corrected chi connectivity index (χ3v) is 6.12. The van der Waals surface area contributed by atoms with Crippen LogP contribution < -0.4 is 0 Å². The average molecular weight is 398 g/mol. The van der Waals surface area contributed by atoms with E-state index in [-0.39, 0.29) is 17.3 Å². The molecule has 26 heavy (non-hydrogen) atoms. The molecule has 4 nitrogen and oxygen atoms in total. The van der Waals surface area contributed by atoms with E-state index < -0.39 is 6.04 Å². The van der Waals surface area contributed by atoms with E-state index in [2.05, 4.69) is 13.8 Å². The Morgan fingerprint density at radius 1 is 1.19 bits per heavy atom. The molecule has 6 heteroatoms. The van der Waals surface area contributed by atoms with Gasteiger partial charge >= 0.3 is 5.97 Å². The fourth-order valence-electron chi connectivity index (χ4n) is 2.98. The number of hydrogen-bond acceptors (Lipinski definition) is 4. The lowest BCUT2D eigenvalue weighted by molar-refractivity contribution is -0.154. The zero-order chi connectivity index (χ0) is 18.9. The molecule has 0 aromatic heterocycles. The van der Waals surface area contributed by atoms with Crippen LogP contribution in [0.3, 0.4) is 0 Å². The van der Waals surface area contributed by atoms with E-state index in [9.17, 15) is 9.59 Å². The van der Waals surface area contributed by atoms with Gasteiger partial charge in [-0.3, -0.25) is 4.79 Å². The van der Waals surface area contributed by atoms with Gasteiger partial charge in [-0.15, -0.1) is 11.8 Å². The van der Waals surface area contributed by atoms with E-state index in [0.717, 1.165) is 37.7 Å². The number of thioether (sulfide) groups is 1. The number of unbranched alkanes of at least 4 members (excludes halogenated alkanes) is 3. The molecule has 0 saturated carbocycles. The Bertz CT molecular complexity index is 610. The topological polar surface area (TPSA) is 46.6 Å². The molecule has 0 unspecified atom stereocenters. The van der Waals surface area contributed by atoms with Crippen molar-refractivity contribution < 1.29 is 14.3 Å². The van der Waals surface area contributed by atoms with E-state index >= 15 is 0 Å². The highest BCUT2D eigenvalue weighted by Crippen LogP contribution is 2.44. The van der Waals surface area contributed by atoms with Gasteiger partial charge in [0.15, 0.2) is 0 Å². The van der Waals surface area contributed by atoms with Gasteiger partial charge in [0.1, 0.15) is 11.4 Å². The van der Waals surface area contributed by atoms with Crippen molar-refractivity contribution in [3.8, 4) is 0 Å². The highest BCUT2D eigenvalue weighted by atomic mass is 35.5. The summed E-state index contributed by atoms with van der Waals surface area (Å²) in [5.41, 5.74) is 0.881. The van der Waals surface area contributed by atoms with Gasteiger partial charge in [0.25, 0.3) is 0 Å². The first kappa shape index (κ1) is 21.1. The van der Waals surface area contributed by atoms with E-state index in [4.69, 9.17) is 16.3 Å². The van der Waals surface area contributed by atoms with E-state index in [1.165, 1.54) is 0 Å². The Kier molecular flexibility index (Phi) is 8.79. The predicted octanol–water partition coefficient (Wildman–Crippen LogP) is 5.21. The van der Waals surface area contributed by atoms with Gasteiger partial charge in [-0.1, -0.05) is 62.9 Å². The Morgan fingerprint density at radius 3 is 2.62 bits per heavy atom. The molecule has 0 aliphatic carbocycles. The minimum atomic E-state index is -0.535. The van der Waals surface area contributed by atoms with Crippen LogP contribution >= 0.6 is 23.4 Å². The molecule has 0 radical (unpaired) electrons. The number of hydrogen-bond donors (Lipinski definition) is 0. The minimum absolute atomic E-state index is 0.00538. The summed E-state index contributed by atoms with van der Waals surface area (Å²) >= 11 is 7.94. The number of benzene rings is 1. The van der Waals surface area contributed by atoms with Gasteiger partial charge in [0.05, 0.1) is 6.61 Å². The highest BCUT2D eigenvalue weighted by molar-refractivity contribution is 7.99. The van der Waals surface area contributed by atoms with Crippen LogP contribution in [0.4, 0.5) is 0 Å². The maximum Gasteiger partial charge on any atom is 0.329 e. The summed E-state index contributed by atoms with van der Waals surface area (Å²) in [7, 11) is 0. The number of carbonyl (C=O) groups excluding carboxylic acids is 2. The lowest BCUT2D eigenvalue weighted by Crippen LogP contribution is -2.43. The van der Waals surface area contributed by atoms with Crippen LogP contribution in [0, 0.1) is 0 Å². The van der Waals surface area contributed by atoms with Gasteiger partial charge in [-0.25, -0.2) is 4.79 Å². The fraction of sp³-hybridized carbons (Fsp3) is 0.600. The molecule has 1 aliphatic heterocycles. The molecule has 0 spiro atoms. The Balaban J connectivity index is 2.18. The molecule has 1 amide bonds. The number of amides is 1. The molecule has 0 bridgehead atoms. The van der Waals surface area contributed by atoms with Gasteiger partial charge in [0.2, 0.25) is 5.91 Å². The van der Waals surface area contributed by atoms with Crippen LogP contribution in [0.1, 0.15) is 63.3 Å². The average Bonchev–Trinajstić information content (AvgIpc) is 3.07. The van der Waals surface area contributed by atoms with Crippen molar-refractivity contribution in [2.45, 2.75) is 63.8 Å². The number of halogens is 1. The lowest BCUT2D eigenvalue weighted by Gasteiger charge is -2.29. The Morgan fingerprint density at radius 2 is 1.92 bits per heavy atom. The molecule has 1 aromatic rings. The SMILES string of the molecule is CCCCCC(=O)N1[C@@H](C(=O)OCCCC)CS[C@@H]1c1ccccc1Cl. The van der Waals surface area contributed by atoms with Gasteiger partial charge in [0, 0.05) is 22.8 Å². The molecule has 1 heterocycles. The number of carbonyl (C=O) groups is 2. The Hall–Kier alpha value is -1.20. The van der Waals surface area contributed by atoms with E-state index in [0.29, 0.717) is 23.8 Å². The first-order valence-corrected chi connectivity index (χ1v) is 10.9. The second kappa shape index (κ2) is 10.8. The van der Waals surface area contributed by atoms with Crippen LogP contribution in [-0.4, -0.2) is 35.2 Å². The number of ether oxygens (including phenoxy) is 1. The molecule has 0 N–H and O–H groups in total. The predicted molar refractivity (Wildman–Crippen MR) is 107 cm³/mol. The van der Waals surface area contributed by atoms with Crippen LogP contribution in [0.25, 0.3) is 0 Å². The summed E-state index contributed by atoms with van der Waals surface area (Å²) < 4.78 is 5.41. The minimum Gasteiger partial charge on any atom is -0.464 e. The standard InChI is InChI=1S/C20H28ClNO3S/c1-3-5-7-12-18(23)22-17(20(24)25-13-6-4-2)14-26-19(22)15-10-8-9-11-16(15)21/h8-11,17,19H,3-7,12-14H2,1-2H3/t17-,19-/m1/s1. The van der Waals surface area contributed by atoms with Crippen molar-refractivity contribution >= 4 is 35.2 Å². The molecule has 2 atom stereocenters. The smallest absolute Gasteiger partial charge is 0.329 e. The van der Waals surface area contributed by atoms with Crippen molar-refractivity contribution in [1.29, 1.82) is 0 Å². The van der Waals surface area contributed by atoms with Gasteiger partial charge < -0.3 is 9.64 Å². The molecule has 1 aromatic carbocycles. The first-order valence-electron chi connectivity index (χ1n) is 9.44. The summed E-state index contributed by atoms with van der Waals surface area (Å²) in [6, 6.07) is 7.00. The second-order valence-corrected chi connectivity index (χ2v) is 8.02. The van der Waals surface area contributed by atoms with Gasteiger partial charge in [-0.2, -0.15) is 0 Å². The van der Waals surface area contributed by atoms with Crippen molar-refractivity contribution in [3.63, 3.8) is 0 Å². The maximum absolute atomic E-state index is 12.9. The first-order chi connectivity index (χ1) is 12.6. The summed E-state index contributed by atoms with van der Waals surface area (Å²) in [6.07, 6.45) is 5.16. The third-order valence-electron chi connectivity index (χ3n) is 4.47. The quantitative estimate of drug-likeness (QED) is 0.424. The zero-order valence-corrected chi connectivity index (χ0v) is 17.2. The largest absolute Gasteiger partial charge is 0.464 e. The zero-order valence-electron chi connectivity index (χ0n) is 15.6. The summed E-state index contributed by atoms with van der Waals surface area (Å²) in [5.74, 6) is 0.246. The molecular formula is C20H28ClNO3S. The highest BCUT2D eigenvalue weighted by Gasteiger charge is 2.43. The van der Waals surface area contributed by atoms with E-state index in [1.807, 2.05) is 24.3 Å².